The van der Waals surface area contributed by atoms with Crippen LogP contribution in [0.4, 0.5) is 10.5 Å². The molecule has 1 heterocycles. The molecule has 0 radical (unpaired) electrons. The normalized spacial score (nSPS) is 10.1. The van der Waals surface area contributed by atoms with E-state index in [9.17, 15) is 9.59 Å². The van der Waals surface area contributed by atoms with Crippen molar-refractivity contribution in [1.82, 2.24) is 4.90 Å². The summed E-state index contributed by atoms with van der Waals surface area (Å²) in [6.07, 6.45) is 1.64. The number of nitrogens with two attached hydrogens (primary N) is 1. The lowest BCUT2D eigenvalue weighted by atomic mass is 10.3. The Labute approximate surface area is 122 Å². The number of carbonyl (C=O) groups excluding carboxylic acids is 2. The second kappa shape index (κ2) is 7.14. The van der Waals surface area contributed by atoms with Gasteiger partial charge < -0.3 is 20.4 Å². The molecule has 3 amide bonds. The number of primary amides is 1. The highest BCUT2D eigenvalue weighted by molar-refractivity contribution is 5.89. The molecule has 0 bridgehead atoms. The first-order valence-electron chi connectivity index (χ1n) is 6.57. The van der Waals surface area contributed by atoms with E-state index in [0.717, 1.165) is 0 Å². The van der Waals surface area contributed by atoms with Crippen molar-refractivity contribution in [1.29, 1.82) is 0 Å². The number of hydrogen-bond acceptors (Lipinski definition) is 3. The minimum Gasteiger partial charge on any atom is -0.467 e. The van der Waals surface area contributed by atoms with Gasteiger partial charge in [-0.25, -0.2) is 4.79 Å². The monoisotopic (exact) mass is 287 g/mol. The number of anilines is 1. The fraction of sp³-hybridized carbons (Fsp3) is 0.200. The summed E-state index contributed by atoms with van der Waals surface area (Å²) in [4.78, 5) is 24.7. The largest absolute Gasteiger partial charge is 0.467 e. The van der Waals surface area contributed by atoms with Gasteiger partial charge >= 0.3 is 6.03 Å². The van der Waals surface area contributed by atoms with Crippen LogP contribution in [0.3, 0.4) is 0 Å². The van der Waals surface area contributed by atoms with Crippen LogP contribution in [0.25, 0.3) is 0 Å². The van der Waals surface area contributed by atoms with Crippen molar-refractivity contribution in [2.24, 2.45) is 5.73 Å². The van der Waals surface area contributed by atoms with E-state index < -0.39 is 5.91 Å². The number of rotatable bonds is 6. The minimum atomic E-state index is -0.452. The Morgan fingerprint density at radius 1 is 1.14 bits per heavy atom. The first-order valence-corrected chi connectivity index (χ1v) is 6.57. The van der Waals surface area contributed by atoms with Gasteiger partial charge in [-0.3, -0.25) is 4.79 Å². The van der Waals surface area contributed by atoms with Gasteiger partial charge in [0.05, 0.1) is 12.8 Å². The molecule has 2 rings (SSSR count). The molecule has 110 valence electrons. The first kappa shape index (κ1) is 14.6. The molecule has 6 nitrogen and oxygen atoms in total. The second-order valence-corrected chi connectivity index (χ2v) is 4.51. The van der Waals surface area contributed by atoms with Crippen LogP contribution < -0.4 is 11.1 Å². The molecule has 0 saturated carbocycles. The van der Waals surface area contributed by atoms with Crippen molar-refractivity contribution >= 4 is 17.6 Å². The zero-order valence-corrected chi connectivity index (χ0v) is 11.5. The highest BCUT2D eigenvalue weighted by Gasteiger charge is 2.16. The maximum Gasteiger partial charge on any atom is 0.322 e. The molecule has 0 aliphatic heterocycles. The van der Waals surface area contributed by atoms with Crippen LogP contribution in [0.15, 0.2) is 53.1 Å². The number of para-hydroxylation sites is 1. The molecule has 0 unspecified atom stereocenters. The number of urea groups is 1. The van der Waals surface area contributed by atoms with E-state index in [2.05, 4.69) is 5.32 Å². The Morgan fingerprint density at radius 3 is 2.52 bits per heavy atom. The average molecular weight is 287 g/mol. The summed E-state index contributed by atoms with van der Waals surface area (Å²) in [5.41, 5.74) is 5.83. The quantitative estimate of drug-likeness (QED) is 0.853. The van der Waals surface area contributed by atoms with E-state index in [-0.39, 0.29) is 25.5 Å². The Hall–Kier alpha value is -2.76. The van der Waals surface area contributed by atoms with Gasteiger partial charge in [-0.15, -0.1) is 0 Å². The van der Waals surface area contributed by atoms with Gasteiger partial charge in [0.1, 0.15) is 5.76 Å². The molecule has 3 N–H and O–H groups in total. The molecule has 2 aromatic rings. The summed E-state index contributed by atoms with van der Waals surface area (Å²) in [6, 6.07) is 12.3. The van der Waals surface area contributed by atoms with Gasteiger partial charge in [0.2, 0.25) is 5.91 Å². The van der Waals surface area contributed by atoms with Gasteiger partial charge in [-0.1, -0.05) is 18.2 Å². The lowest BCUT2D eigenvalue weighted by molar-refractivity contribution is -0.118. The SMILES string of the molecule is NC(=O)CCN(Cc1ccco1)C(=O)Nc1ccccc1. The summed E-state index contributed by atoms with van der Waals surface area (Å²) in [6.45, 7) is 0.508. The zero-order chi connectivity index (χ0) is 15.1. The van der Waals surface area contributed by atoms with Crippen LogP contribution in [0, 0.1) is 0 Å². The van der Waals surface area contributed by atoms with Crippen molar-refractivity contribution in [3.8, 4) is 0 Å². The Kier molecular flexibility index (Phi) is 4.98. The number of amides is 3. The van der Waals surface area contributed by atoms with Crippen LogP contribution in [0.5, 0.6) is 0 Å². The summed E-state index contributed by atoms with van der Waals surface area (Å²) < 4.78 is 5.23. The lowest BCUT2D eigenvalue weighted by Gasteiger charge is -2.21. The van der Waals surface area contributed by atoms with Gasteiger partial charge in [0.25, 0.3) is 0 Å². The summed E-state index contributed by atoms with van der Waals surface area (Å²) in [7, 11) is 0. The molecule has 0 spiro atoms. The molecule has 0 aliphatic rings. The van der Waals surface area contributed by atoms with E-state index in [1.54, 1.807) is 24.3 Å². The van der Waals surface area contributed by atoms with Crippen molar-refractivity contribution in [2.75, 3.05) is 11.9 Å². The molecular formula is C15H17N3O3. The van der Waals surface area contributed by atoms with Gasteiger partial charge in [0.15, 0.2) is 0 Å². The number of hydrogen-bond donors (Lipinski definition) is 2. The molecule has 1 aromatic heterocycles. The summed E-state index contributed by atoms with van der Waals surface area (Å²) in [5.74, 6) is 0.189. The van der Waals surface area contributed by atoms with E-state index in [1.807, 2.05) is 18.2 Å². The lowest BCUT2D eigenvalue weighted by Crippen LogP contribution is -2.36. The number of nitrogens with zero attached hydrogens (tertiary/aromatic N) is 1. The van der Waals surface area contributed by atoms with Crippen molar-refractivity contribution in [2.45, 2.75) is 13.0 Å². The third-order valence-corrected chi connectivity index (χ3v) is 2.87. The van der Waals surface area contributed by atoms with Crippen LogP contribution in [-0.2, 0) is 11.3 Å². The van der Waals surface area contributed by atoms with E-state index in [0.29, 0.717) is 11.4 Å². The maximum atomic E-state index is 12.3. The third-order valence-electron chi connectivity index (χ3n) is 2.87. The number of benzene rings is 1. The molecule has 6 heteroatoms. The molecule has 0 aliphatic carbocycles. The molecule has 0 atom stereocenters. The molecule has 21 heavy (non-hydrogen) atoms. The van der Waals surface area contributed by atoms with Crippen LogP contribution >= 0.6 is 0 Å². The Bertz CT molecular complexity index is 581. The third kappa shape index (κ3) is 4.68. The fourth-order valence-electron chi connectivity index (χ4n) is 1.81. The zero-order valence-electron chi connectivity index (χ0n) is 11.5. The van der Waals surface area contributed by atoms with Crippen LogP contribution in [0.2, 0.25) is 0 Å². The van der Waals surface area contributed by atoms with Crippen molar-refractivity contribution in [3.63, 3.8) is 0 Å². The predicted octanol–water partition coefficient (Wildman–Crippen LogP) is 2.19. The topological polar surface area (TPSA) is 88.6 Å². The Balaban J connectivity index is 2.02. The highest BCUT2D eigenvalue weighted by Crippen LogP contribution is 2.10. The molecule has 1 aromatic carbocycles. The number of carbonyl (C=O) groups is 2. The van der Waals surface area contributed by atoms with E-state index in [4.69, 9.17) is 10.2 Å². The maximum absolute atomic E-state index is 12.3. The molecular weight excluding hydrogens is 270 g/mol. The van der Waals surface area contributed by atoms with Crippen LogP contribution in [0.1, 0.15) is 12.2 Å². The van der Waals surface area contributed by atoms with Crippen molar-refractivity contribution in [3.05, 3.63) is 54.5 Å². The molecule has 0 saturated heterocycles. The summed E-state index contributed by atoms with van der Waals surface area (Å²) >= 11 is 0. The highest BCUT2D eigenvalue weighted by atomic mass is 16.3. The van der Waals surface area contributed by atoms with Crippen LogP contribution in [-0.4, -0.2) is 23.4 Å². The first-order chi connectivity index (χ1) is 10.1. The van der Waals surface area contributed by atoms with Gasteiger partial charge in [-0.05, 0) is 24.3 Å². The van der Waals surface area contributed by atoms with Gasteiger partial charge in [0, 0.05) is 18.7 Å². The van der Waals surface area contributed by atoms with E-state index >= 15 is 0 Å². The van der Waals surface area contributed by atoms with Crippen molar-refractivity contribution < 1.29 is 14.0 Å². The summed E-state index contributed by atoms with van der Waals surface area (Å²) in [5, 5.41) is 2.77. The molecule has 0 fully saturated rings. The van der Waals surface area contributed by atoms with Gasteiger partial charge in [-0.2, -0.15) is 0 Å². The standard InChI is InChI=1S/C15H17N3O3/c16-14(19)8-9-18(11-13-7-4-10-21-13)15(20)17-12-5-2-1-3-6-12/h1-7,10H,8-9,11H2,(H2,16,19)(H,17,20). The minimum absolute atomic E-state index is 0.100. The number of nitrogens with one attached hydrogen (secondary N) is 1. The second-order valence-electron chi connectivity index (χ2n) is 4.51. The predicted molar refractivity (Wildman–Crippen MR) is 78.4 cm³/mol. The number of furan rings is 1. The Morgan fingerprint density at radius 2 is 1.90 bits per heavy atom. The fourth-order valence-corrected chi connectivity index (χ4v) is 1.81. The van der Waals surface area contributed by atoms with E-state index in [1.165, 1.54) is 11.2 Å². The average Bonchev–Trinajstić information content (AvgIpc) is 2.97. The smallest absolute Gasteiger partial charge is 0.322 e.